The van der Waals surface area contributed by atoms with Gasteiger partial charge in [-0.3, -0.25) is 14.6 Å². The molecule has 2 aromatic rings. The van der Waals surface area contributed by atoms with E-state index < -0.39 is 17.2 Å². The summed E-state index contributed by atoms with van der Waals surface area (Å²) >= 11 is 2.75. The standard InChI is InChI=1S/C8H5BrF2N2O/c1-13-8(14)3-2-4(10)5(9)6(11)7(3)12-13/h2,12H,1H3. The summed E-state index contributed by atoms with van der Waals surface area (Å²) < 4.78 is 27.3. The molecule has 0 saturated heterocycles. The first kappa shape index (κ1) is 9.39. The van der Waals surface area contributed by atoms with Gasteiger partial charge in [-0.1, -0.05) is 0 Å². The first-order valence-corrected chi connectivity index (χ1v) is 4.54. The largest absolute Gasteiger partial charge is 0.292 e. The predicted molar refractivity (Wildman–Crippen MR) is 51.2 cm³/mol. The van der Waals surface area contributed by atoms with E-state index in [1.807, 2.05) is 0 Å². The second-order valence-electron chi connectivity index (χ2n) is 2.88. The SMILES string of the molecule is Cn1[nH]c2c(F)c(Br)c(F)cc2c1=O. The molecule has 0 bridgehead atoms. The molecule has 0 saturated carbocycles. The van der Waals surface area contributed by atoms with Crippen molar-refractivity contribution in [3.8, 4) is 0 Å². The van der Waals surface area contributed by atoms with Crippen molar-refractivity contribution in [2.45, 2.75) is 0 Å². The normalized spacial score (nSPS) is 11.1. The molecule has 1 N–H and O–H groups in total. The van der Waals surface area contributed by atoms with Gasteiger partial charge in [-0.05, 0) is 22.0 Å². The molecular formula is C8H5BrF2N2O. The maximum atomic E-state index is 13.4. The van der Waals surface area contributed by atoms with E-state index in [9.17, 15) is 13.6 Å². The molecule has 0 aliphatic heterocycles. The van der Waals surface area contributed by atoms with Crippen molar-refractivity contribution in [1.82, 2.24) is 9.78 Å². The smallest absolute Gasteiger partial charge is 0.274 e. The third-order valence-corrected chi connectivity index (χ3v) is 2.70. The van der Waals surface area contributed by atoms with Crippen LogP contribution in [0.3, 0.4) is 0 Å². The lowest BCUT2D eigenvalue weighted by molar-refractivity contribution is 0.578. The third kappa shape index (κ3) is 1.10. The van der Waals surface area contributed by atoms with Crippen molar-refractivity contribution in [1.29, 1.82) is 0 Å². The number of hydrogen-bond acceptors (Lipinski definition) is 1. The summed E-state index contributed by atoms with van der Waals surface area (Å²) in [7, 11) is 1.44. The van der Waals surface area contributed by atoms with Gasteiger partial charge in [0.05, 0.1) is 9.86 Å². The van der Waals surface area contributed by atoms with Gasteiger partial charge < -0.3 is 0 Å². The molecule has 6 heteroatoms. The van der Waals surface area contributed by atoms with Crippen LogP contribution in [0.5, 0.6) is 0 Å². The molecule has 0 aliphatic rings. The highest BCUT2D eigenvalue weighted by Crippen LogP contribution is 2.24. The Balaban J connectivity index is 3.06. The summed E-state index contributed by atoms with van der Waals surface area (Å²) in [6, 6.07) is 1.00. The van der Waals surface area contributed by atoms with Gasteiger partial charge in [0.1, 0.15) is 11.3 Å². The molecule has 0 unspecified atom stereocenters. The summed E-state index contributed by atoms with van der Waals surface area (Å²) in [4.78, 5) is 11.3. The zero-order valence-electron chi connectivity index (χ0n) is 7.07. The predicted octanol–water partition coefficient (Wildman–Crippen LogP) is 1.91. The molecule has 0 atom stereocenters. The summed E-state index contributed by atoms with van der Waals surface area (Å²) in [5, 5.41) is 2.50. The fourth-order valence-corrected chi connectivity index (χ4v) is 1.58. The van der Waals surface area contributed by atoms with Crippen LogP contribution in [0, 0.1) is 11.6 Å². The molecule has 1 aromatic heterocycles. The third-order valence-electron chi connectivity index (χ3n) is 1.98. The number of H-pyrrole nitrogens is 1. The first-order valence-electron chi connectivity index (χ1n) is 3.74. The zero-order valence-corrected chi connectivity index (χ0v) is 8.65. The van der Waals surface area contributed by atoms with Crippen molar-refractivity contribution in [3.05, 3.63) is 32.5 Å². The van der Waals surface area contributed by atoms with E-state index in [0.717, 1.165) is 10.7 Å². The van der Waals surface area contributed by atoms with Gasteiger partial charge in [0.25, 0.3) is 5.56 Å². The zero-order chi connectivity index (χ0) is 10.5. The van der Waals surface area contributed by atoms with Gasteiger partial charge in [0.15, 0.2) is 5.82 Å². The molecule has 3 nitrogen and oxygen atoms in total. The molecule has 0 fully saturated rings. The highest BCUT2D eigenvalue weighted by atomic mass is 79.9. The van der Waals surface area contributed by atoms with Gasteiger partial charge >= 0.3 is 0 Å². The van der Waals surface area contributed by atoms with Crippen molar-refractivity contribution < 1.29 is 8.78 Å². The molecule has 74 valence electrons. The van der Waals surface area contributed by atoms with Crippen LogP contribution in [0.1, 0.15) is 0 Å². The lowest BCUT2D eigenvalue weighted by atomic mass is 10.2. The summed E-state index contributed by atoms with van der Waals surface area (Å²) in [6.45, 7) is 0. The number of aryl methyl sites for hydroxylation is 1. The van der Waals surface area contributed by atoms with Gasteiger partial charge in [0, 0.05) is 7.05 Å². The Morgan fingerprint density at radius 3 is 2.79 bits per heavy atom. The first-order chi connectivity index (χ1) is 6.52. The number of nitrogens with zero attached hydrogens (tertiary/aromatic N) is 1. The van der Waals surface area contributed by atoms with Gasteiger partial charge in [-0.25, -0.2) is 8.78 Å². The highest BCUT2D eigenvalue weighted by Gasteiger charge is 2.15. The maximum absolute atomic E-state index is 13.4. The highest BCUT2D eigenvalue weighted by molar-refractivity contribution is 9.10. The van der Waals surface area contributed by atoms with Crippen LogP contribution in [0.4, 0.5) is 8.78 Å². The average Bonchev–Trinajstić information content (AvgIpc) is 2.42. The Kier molecular flexibility index (Phi) is 1.95. The molecular weight excluding hydrogens is 258 g/mol. The van der Waals surface area contributed by atoms with Crippen molar-refractivity contribution >= 4 is 26.8 Å². The Hall–Kier alpha value is -1.17. The topological polar surface area (TPSA) is 37.8 Å². The summed E-state index contributed by atoms with van der Waals surface area (Å²) in [6.07, 6.45) is 0. The lowest BCUT2D eigenvalue weighted by Gasteiger charge is -1.96. The number of hydrogen-bond donors (Lipinski definition) is 1. The van der Waals surface area contributed by atoms with Crippen LogP contribution in [0.2, 0.25) is 0 Å². The van der Waals surface area contributed by atoms with E-state index in [1.54, 1.807) is 0 Å². The number of nitrogens with one attached hydrogen (secondary N) is 1. The minimum Gasteiger partial charge on any atom is -0.292 e. The molecule has 14 heavy (non-hydrogen) atoms. The molecule has 0 radical (unpaired) electrons. The molecule has 2 rings (SSSR count). The molecule has 1 aromatic carbocycles. The summed E-state index contributed by atoms with van der Waals surface area (Å²) in [5.41, 5.74) is -0.448. The number of benzene rings is 1. The summed E-state index contributed by atoms with van der Waals surface area (Å²) in [5.74, 6) is -1.58. The van der Waals surface area contributed by atoms with Crippen LogP contribution in [0.25, 0.3) is 10.9 Å². The van der Waals surface area contributed by atoms with Crippen molar-refractivity contribution in [3.63, 3.8) is 0 Å². The van der Waals surface area contributed by atoms with Crippen LogP contribution >= 0.6 is 15.9 Å². The second-order valence-corrected chi connectivity index (χ2v) is 3.68. The van der Waals surface area contributed by atoms with Crippen molar-refractivity contribution in [2.24, 2.45) is 7.05 Å². The number of rotatable bonds is 0. The van der Waals surface area contributed by atoms with E-state index in [0.29, 0.717) is 0 Å². The van der Waals surface area contributed by atoms with Crippen LogP contribution < -0.4 is 5.56 Å². The molecule has 0 amide bonds. The number of aromatic amines is 1. The fourth-order valence-electron chi connectivity index (χ4n) is 1.27. The van der Waals surface area contributed by atoms with E-state index in [4.69, 9.17) is 0 Å². The van der Waals surface area contributed by atoms with E-state index in [-0.39, 0.29) is 15.4 Å². The van der Waals surface area contributed by atoms with Crippen molar-refractivity contribution in [2.75, 3.05) is 0 Å². The Morgan fingerprint density at radius 1 is 1.50 bits per heavy atom. The van der Waals surface area contributed by atoms with Gasteiger partial charge in [0.2, 0.25) is 0 Å². The molecule has 0 spiro atoms. The minimum absolute atomic E-state index is 0.00528. The van der Waals surface area contributed by atoms with Crippen LogP contribution in [0.15, 0.2) is 15.3 Å². The van der Waals surface area contributed by atoms with Gasteiger partial charge in [-0.15, -0.1) is 0 Å². The lowest BCUT2D eigenvalue weighted by Crippen LogP contribution is -2.11. The van der Waals surface area contributed by atoms with Gasteiger partial charge in [-0.2, -0.15) is 0 Å². The van der Waals surface area contributed by atoms with E-state index in [2.05, 4.69) is 21.0 Å². The van der Waals surface area contributed by atoms with Crippen LogP contribution in [-0.2, 0) is 7.05 Å². The van der Waals surface area contributed by atoms with E-state index in [1.165, 1.54) is 7.05 Å². The quantitative estimate of drug-likeness (QED) is 0.724. The molecule has 0 aliphatic carbocycles. The monoisotopic (exact) mass is 262 g/mol. The minimum atomic E-state index is -0.794. The van der Waals surface area contributed by atoms with E-state index >= 15 is 0 Å². The number of fused-ring (bicyclic) bond motifs is 1. The Labute approximate surface area is 85.4 Å². The maximum Gasteiger partial charge on any atom is 0.274 e. The Morgan fingerprint density at radius 2 is 2.14 bits per heavy atom. The molecule has 1 heterocycles. The number of aromatic nitrogens is 2. The average molecular weight is 263 g/mol. The van der Waals surface area contributed by atoms with Crippen LogP contribution in [-0.4, -0.2) is 9.78 Å². The Bertz CT molecular complexity index is 573. The number of halogens is 3. The fraction of sp³-hybridized carbons (Fsp3) is 0.125. The second kappa shape index (κ2) is 2.91.